The van der Waals surface area contributed by atoms with E-state index in [1.54, 1.807) is 6.07 Å². The predicted molar refractivity (Wildman–Crippen MR) is 76.7 cm³/mol. The molecule has 106 valence electrons. The topological polar surface area (TPSA) is 51.2 Å². The molecule has 0 aliphatic rings. The van der Waals surface area contributed by atoms with Crippen LogP contribution in [-0.4, -0.2) is 30.6 Å². The number of pyridine rings is 1. The second-order valence-electron chi connectivity index (χ2n) is 4.38. The zero-order valence-electron chi connectivity index (χ0n) is 11.5. The molecule has 1 heterocycles. The van der Waals surface area contributed by atoms with E-state index in [1.807, 2.05) is 6.92 Å². The van der Waals surface area contributed by atoms with Crippen molar-refractivity contribution >= 4 is 17.5 Å². The van der Waals surface area contributed by atoms with Crippen molar-refractivity contribution in [2.75, 3.05) is 19.8 Å². The van der Waals surface area contributed by atoms with Gasteiger partial charge in [-0.15, -0.1) is 0 Å². The summed E-state index contributed by atoms with van der Waals surface area (Å²) in [5.74, 6) is -0.189. The van der Waals surface area contributed by atoms with Crippen LogP contribution in [0.1, 0.15) is 42.2 Å². The molecule has 0 bridgehead atoms. The molecule has 0 aliphatic carbocycles. The summed E-state index contributed by atoms with van der Waals surface area (Å²) in [5, 5.41) is 3.24. The minimum Gasteiger partial charge on any atom is -0.381 e. The molecule has 0 aromatic carbocycles. The van der Waals surface area contributed by atoms with Crippen LogP contribution in [-0.2, 0) is 4.74 Å². The number of aromatic nitrogens is 1. The zero-order valence-corrected chi connectivity index (χ0v) is 12.3. The smallest absolute Gasteiger partial charge is 0.254 e. The Balaban J connectivity index is 2.24. The summed E-state index contributed by atoms with van der Waals surface area (Å²) in [6.45, 7) is 6.00. The number of rotatable bonds is 8. The first-order chi connectivity index (χ1) is 9.15. The van der Waals surface area contributed by atoms with Gasteiger partial charge in [-0.2, -0.15) is 0 Å². The zero-order chi connectivity index (χ0) is 14.1. The summed E-state index contributed by atoms with van der Waals surface area (Å²) < 4.78 is 5.41. The first-order valence-corrected chi connectivity index (χ1v) is 7.01. The number of hydrogen-bond acceptors (Lipinski definition) is 3. The third-order valence-electron chi connectivity index (χ3n) is 2.63. The van der Waals surface area contributed by atoms with Gasteiger partial charge < -0.3 is 10.1 Å². The number of carbonyl (C=O) groups excluding carboxylic acids is 1. The van der Waals surface area contributed by atoms with Crippen LogP contribution in [0.3, 0.4) is 0 Å². The van der Waals surface area contributed by atoms with Crippen LogP contribution in [0.15, 0.2) is 12.3 Å². The minimum absolute atomic E-state index is 0.189. The first-order valence-electron chi connectivity index (χ1n) is 6.63. The van der Waals surface area contributed by atoms with Gasteiger partial charge in [-0.3, -0.25) is 9.78 Å². The lowest BCUT2D eigenvalue weighted by atomic mass is 10.2. The van der Waals surface area contributed by atoms with E-state index in [4.69, 9.17) is 16.3 Å². The average molecular weight is 285 g/mol. The van der Waals surface area contributed by atoms with E-state index < -0.39 is 0 Å². The number of nitrogens with zero attached hydrogens (tertiary/aromatic N) is 1. The molecule has 1 aromatic rings. The van der Waals surface area contributed by atoms with Gasteiger partial charge in [-0.25, -0.2) is 0 Å². The van der Waals surface area contributed by atoms with Gasteiger partial charge in [0.25, 0.3) is 5.91 Å². The Morgan fingerprint density at radius 3 is 2.84 bits per heavy atom. The Bertz CT molecular complexity index is 410. The van der Waals surface area contributed by atoms with Gasteiger partial charge in [-0.1, -0.05) is 24.9 Å². The Morgan fingerprint density at radius 1 is 1.42 bits per heavy atom. The van der Waals surface area contributed by atoms with E-state index in [0.717, 1.165) is 31.6 Å². The fourth-order valence-corrected chi connectivity index (χ4v) is 1.81. The normalized spacial score (nSPS) is 10.5. The number of nitrogens with one attached hydrogen (secondary N) is 1. The summed E-state index contributed by atoms with van der Waals surface area (Å²) >= 11 is 6.00. The largest absolute Gasteiger partial charge is 0.381 e. The fraction of sp³-hybridized carbons (Fsp3) is 0.571. The molecule has 4 nitrogen and oxygen atoms in total. The quantitative estimate of drug-likeness (QED) is 0.747. The molecule has 5 heteroatoms. The standard InChI is InChI=1S/C14H21ClN2O2/c1-3-4-7-19-8-5-6-16-14(18)12-10-17-11(2)9-13(12)15/h9-10H,3-8H2,1-2H3,(H,16,18). The Labute approximate surface area is 119 Å². The first kappa shape index (κ1) is 15.9. The highest BCUT2D eigenvalue weighted by Gasteiger charge is 2.10. The third-order valence-corrected chi connectivity index (χ3v) is 2.94. The lowest BCUT2D eigenvalue weighted by Gasteiger charge is -2.07. The molecule has 1 rings (SSSR count). The van der Waals surface area contributed by atoms with E-state index in [-0.39, 0.29) is 5.91 Å². The maximum atomic E-state index is 11.8. The highest BCUT2D eigenvalue weighted by molar-refractivity contribution is 6.33. The van der Waals surface area contributed by atoms with Crippen molar-refractivity contribution in [2.24, 2.45) is 0 Å². The van der Waals surface area contributed by atoms with Crippen molar-refractivity contribution in [3.05, 3.63) is 28.5 Å². The van der Waals surface area contributed by atoms with E-state index in [9.17, 15) is 4.79 Å². The van der Waals surface area contributed by atoms with E-state index in [2.05, 4.69) is 17.2 Å². The van der Waals surface area contributed by atoms with Gasteiger partial charge in [0.05, 0.1) is 10.6 Å². The second-order valence-corrected chi connectivity index (χ2v) is 4.79. The molecule has 19 heavy (non-hydrogen) atoms. The monoisotopic (exact) mass is 284 g/mol. The Hall–Kier alpha value is -1.13. The number of unbranched alkanes of at least 4 members (excludes halogenated alkanes) is 1. The maximum Gasteiger partial charge on any atom is 0.254 e. The van der Waals surface area contributed by atoms with Crippen molar-refractivity contribution in [2.45, 2.75) is 33.1 Å². The van der Waals surface area contributed by atoms with Crippen molar-refractivity contribution in [3.8, 4) is 0 Å². The molecule has 0 saturated carbocycles. The molecule has 0 radical (unpaired) electrons. The maximum absolute atomic E-state index is 11.8. The molecule has 0 aliphatic heterocycles. The van der Waals surface area contributed by atoms with Crippen LogP contribution >= 0.6 is 11.6 Å². The molecular weight excluding hydrogens is 264 g/mol. The van der Waals surface area contributed by atoms with Crippen molar-refractivity contribution < 1.29 is 9.53 Å². The molecule has 0 fully saturated rings. The van der Waals surface area contributed by atoms with Gasteiger partial charge in [0, 0.05) is 31.6 Å². The summed E-state index contributed by atoms with van der Waals surface area (Å²) in [4.78, 5) is 15.9. The van der Waals surface area contributed by atoms with Crippen LogP contribution in [0.2, 0.25) is 5.02 Å². The summed E-state index contributed by atoms with van der Waals surface area (Å²) in [6.07, 6.45) is 4.52. The lowest BCUT2D eigenvalue weighted by Crippen LogP contribution is -2.25. The summed E-state index contributed by atoms with van der Waals surface area (Å²) in [7, 11) is 0. The van der Waals surface area contributed by atoms with Crippen molar-refractivity contribution in [3.63, 3.8) is 0 Å². The highest BCUT2D eigenvalue weighted by Crippen LogP contribution is 2.15. The van der Waals surface area contributed by atoms with Crippen molar-refractivity contribution in [1.29, 1.82) is 0 Å². The van der Waals surface area contributed by atoms with Crippen LogP contribution in [0.5, 0.6) is 0 Å². The van der Waals surface area contributed by atoms with Gasteiger partial charge in [0.1, 0.15) is 0 Å². The minimum atomic E-state index is -0.189. The fourth-order valence-electron chi connectivity index (χ4n) is 1.51. The van der Waals surface area contributed by atoms with Gasteiger partial charge in [0.15, 0.2) is 0 Å². The number of halogens is 1. The van der Waals surface area contributed by atoms with Gasteiger partial charge in [0.2, 0.25) is 0 Å². The number of carbonyl (C=O) groups is 1. The van der Waals surface area contributed by atoms with Gasteiger partial charge in [-0.05, 0) is 25.8 Å². The van der Waals surface area contributed by atoms with E-state index >= 15 is 0 Å². The molecule has 1 aromatic heterocycles. The third kappa shape index (κ3) is 6.03. The lowest BCUT2D eigenvalue weighted by molar-refractivity contribution is 0.0940. The Kier molecular flexibility index (Phi) is 7.45. The average Bonchev–Trinajstić information content (AvgIpc) is 2.37. The molecular formula is C14H21ClN2O2. The number of ether oxygens (including phenoxy) is 1. The van der Waals surface area contributed by atoms with E-state index in [1.165, 1.54) is 6.20 Å². The van der Waals surface area contributed by atoms with Crippen LogP contribution < -0.4 is 5.32 Å². The predicted octanol–water partition coefficient (Wildman–Crippen LogP) is 2.98. The van der Waals surface area contributed by atoms with Gasteiger partial charge >= 0.3 is 0 Å². The van der Waals surface area contributed by atoms with Crippen LogP contribution in [0.4, 0.5) is 0 Å². The van der Waals surface area contributed by atoms with E-state index in [0.29, 0.717) is 23.7 Å². The van der Waals surface area contributed by atoms with Crippen LogP contribution in [0, 0.1) is 6.92 Å². The molecule has 1 N–H and O–H groups in total. The van der Waals surface area contributed by atoms with Crippen molar-refractivity contribution in [1.82, 2.24) is 10.3 Å². The highest BCUT2D eigenvalue weighted by atomic mass is 35.5. The number of amides is 1. The molecule has 0 spiro atoms. The summed E-state index contributed by atoms with van der Waals surface area (Å²) in [6, 6.07) is 1.68. The molecule has 0 saturated heterocycles. The number of hydrogen-bond donors (Lipinski definition) is 1. The molecule has 0 unspecified atom stereocenters. The second kappa shape index (κ2) is 8.88. The Morgan fingerprint density at radius 2 is 2.16 bits per heavy atom. The van der Waals surface area contributed by atoms with Crippen LogP contribution in [0.25, 0.3) is 0 Å². The molecule has 0 atom stereocenters. The molecule has 1 amide bonds. The number of aryl methyl sites for hydroxylation is 1. The summed E-state index contributed by atoms with van der Waals surface area (Å²) in [5.41, 5.74) is 1.21. The SMILES string of the molecule is CCCCOCCCNC(=O)c1cnc(C)cc1Cl.